The number of benzene rings is 3. The standard InChI is InChI=1S/C21H18N2O/c1-24-20-13-7-2-8-15(20)14-22-21-16-9-3-5-11-18(16)23-19-12-6-4-10-17(19)21/h2-13H,14H2,1H3,(H,22,23). The third kappa shape index (κ3) is 2.54. The van der Waals surface area contributed by atoms with Crippen LogP contribution in [0.1, 0.15) is 5.56 Å². The van der Waals surface area contributed by atoms with Crippen LogP contribution in [0.25, 0.3) is 21.8 Å². The molecule has 3 nitrogen and oxygen atoms in total. The fraction of sp³-hybridized carbons (Fsp3) is 0.0952. The van der Waals surface area contributed by atoms with Crippen LogP contribution in [-0.2, 0) is 6.54 Å². The lowest BCUT2D eigenvalue weighted by Gasteiger charge is -2.14. The van der Waals surface area contributed by atoms with Crippen LogP contribution in [0.2, 0.25) is 0 Å². The Morgan fingerprint density at radius 2 is 1.38 bits per heavy atom. The predicted octanol–water partition coefficient (Wildman–Crippen LogP) is 5.01. The van der Waals surface area contributed by atoms with Crippen molar-refractivity contribution in [3.8, 4) is 5.75 Å². The number of aromatic nitrogens is 1. The monoisotopic (exact) mass is 314 g/mol. The number of fused-ring (bicyclic) bond motifs is 2. The average Bonchev–Trinajstić information content (AvgIpc) is 2.65. The highest BCUT2D eigenvalue weighted by Crippen LogP contribution is 2.31. The van der Waals surface area contributed by atoms with Crippen molar-refractivity contribution in [2.45, 2.75) is 6.54 Å². The van der Waals surface area contributed by atoms with Crippen molar-refractivity contribution in [3.05, 3.63) is 78.4 Å². The molecule has 0 amide bonds. The van der Waals surface area contributed by atoms with Crippen LogP contribution in [0.5, 0.6) is 5.75 Å². The van der Waals surface area contributed by atoms with Gasteiger partial charge in [0.05, 0.1) is 23.8 Å². The summed E-state index contributed by atoms with van der Waals surface area (Å²) in [5.41, 5.74) is 4.24. The number of hydrogen-bond acceptors (Lipinski definition) is 3. The number of anilines is 1. The maximum absolute atomic E-state index is 5.46. The third-order valence-electron chi connectivity index (χ3n) is 4.24. The van der Waals surface area contributed by atoms with E-state index in [-0.39, 0.29) is 0 Å². The molecule has 3 aromatic carbocycles. The van der Waals surface area contributed by atoms with E-state index >= 15 is 0 Å². The minimum Gasteiger partial charge on any atom is -0.496 e. The maximum atomic E-state index is 5.46. The number of rotatable bonds is 4. The number of nitrogens with zero attached hydrogens (tertiary/aromatic N) is 1. The molecule has 118 valence electrons. The Balaban J connectivity index is 1.82. The molecule has 0 unspecified atom stereocenters. The Morgan fingerprint density at radius 1 is 0.792 bits per heavy atom. The lowest BCUT2D eigenvalue weighted by Crippen LogP contribution is -2.03. The Kier molecular flexibility index (Phi) is 3.75. The Hall–Kier alpha value is -3.07. The van der Waals surface area contributed by atoms with Gasteiger partial charge < -0.3 is 10.1 Å². The SMILES string of the molecule is COc1ccccc1CNc1c2ccccc2nc2ccccc12. The highest BCUT2D eigenvalue weighted by molar-refractivity contribution is 6.07. The molecule has 0 atom stereocenters. The van der Waals surface area contributed by atoms with E-state index in [0.717, 1.165) is 38.8 Å². The topological polar surface area (TPSA) is 34.1 Å². The summed E-state index contributed by atoms with van der Waals surface area (Å²) in [5, 5.41) is 5.86. The molecule has 4 rings (SSSR count). The van der Waals surface area contributed by atoms with E-state index in [1.165, 1.54) is 0 Å². The normalized spacial score (nSPS) is 10.9. The molecule has 0 saturated heterocycles. The summed E-state index contributed by atoms with van der Waals surface area (Å²) in [6.07, 6.45) is 0. The van der Waals surface area contributed by atoms with E-state index in [1.807, 2.05) is 42.5 Å². The molecule has 0 bridgehead atoms. The molecule has 1 heterocycles. The molecule has 0 fully saturated rings. The van der Waals surface area contributed by atoms with Crippen LogP contribution in [0, 0.1) is 0 Å². The lowest BCUT2D eigenvalue weighted by atomic mass is 10.1. The van der Waals surface area contributed by atoms with Crippen molar-refractivity contribution in [2.75, 3.05) is 12.4 Å². The van der Waals surface area contributed by atoms with Crippen molar-refractivity contribution in [1.29, 1.82) is 0 Å². The molecular weight excluding hydrogens is 296 g/mol. The quantitative estimate of drug-likeness (QED) is 0.538. The summed E-state index contributed by atoms with van der Waals surface area (Å²) in [7, 11) is 1.70. The molecular formula is C21H18N2O. The zero-order chi connectivity index (χ0) is 16.4. The van der Waals surface area contributed by atoms with Crippen LogP contribution in [0.3, 0.4) is 0 Å². The fourth-order valence-corrected chi connectivity index (χ4v) is 3.06. The molecule has 4 aromatic rings. The Bertz CT molecular complexity index is 957. The second kappa shape index (κ2) is 6.20. The second-order valence-electron chi connectivity index (χ2n) is 5.69. The smallest absolute Gasteiger partial charge is 0.123 e. The molecule has 0 aliphatic heterocycles. The van der Waals surface area contributed by atoms with E-state index in [4.69, 9.17) is 9.72 Å². The minimum absolute atomic E-state index is 0.696. The first-order valence-electron chi connectivity index (χ1n) is 8.00. The molecule has 0 spiro atoms. The zero-order valence-electron chi connectivity index (χ0n) is 13.5. The fourth-order valence-electron chi connectivity index (χ4n) is 3.06. The van der Waals surface area contributed by atoms with Gasteiger partial charge in [-0.1, -0.05) is 54.6 Å². The van der Waals surface area contributed by atoms with E-state index in [1.54, 1.807) is 7.11 Å². The first-order chi connectivity index (χ1) is 11.9. The van der Waals surface area contributed by atoms with Crippen molar-refractivity contribution in [3.63, 3.8) is 0 Å². The lowest BCUT2D eigenvalue weighted by molar-refractivity contribution is 0.410. The molecule has 0 aliphatic rings. The summed E-state index contributed by atoms with van der Waals surface area (Å²) in [4.78, 5) is 4.76. The number of nitrogens with one attached hydrogen (secondary N) is 1. The average molecular weight is 314 g/mol. The van der Waals surface area contributed by atoms with E-state index in [9.17, 15) is 0 Å². The zero-order valence-corrected chi connectivity index (χ0v) is 13.5. The van der Waals surface area contributed by atoms with Crippen LogP contribution in [0.15, 0.2) is 72.8 Å². The van der Waals surface area contributed by atoms with Gasteiger partial charge in [-0.05, 0) is 18.2 Å². The number of pyridine rings is 1. The third-order valence-corrected chi connectivity index (χ3v) is 4.24. The molecule has 0 saturated carbocycles. The van der Waals surface area contributed by atoms with Gasteiger partial charge in [0.2, 0.25) is 0 Å². The van der Waals surface area contributed by atoms with Gasteiger partial charge in [0.15, 0.2) is 0 Å². The first kappa shape index (κ1) is 14.5. The largest absolute Gasteiger partial charge is 0.496 e. The minimum atomic E-state index is 0.696. The van der Waals surface area contributed by atoms with Gasteiger partial charge in [0.1, 0.15) is 5.75 Å². The maximum Gasteiger partial charge on any atom is 0.123 e. The van der Waals surface area contributed by atoms with E-state index < -0.39 is 0 Å². The first-order valence-corrected chi connectivity index (χ1v) is 8.00. The van der Waals surface area contributed by atoms with Gasteiger partial charge in [0.25, 0.3) is 0 Å². The number of ether oxygens (including phenoxy) is 1. The van der Waals surface area contributed by atoms with Gasteiger partial charge in [-0.2, -0.15) is 0 Å². The van der Waals surface area contributed by atoms with Gasteiger partial charge >= 0.3 is 0 Å². The molecule has 3 heteroatoms. The summed E-state index contributed by atoms with van der Waals surface area (Å²) >= 11 is 0. The van der Waals surface area contributed by atoms with Gasteiger partial charge in [-0.25, -0.2) is 4.98 Å². The van der Waals surface area contributed by atoms with Crippen LogP contribution < -0.4 is 10.1 Å². The van der Waals surface area contributed by atoms with Crippen molar-refractivity contribution < 1.29 is 4.74 Å². The summed E-state index contributed by atoms with van der Waals surface area (Å²) < 4.78 is 5.46. The second-order valence-corrected chi connectivity index (χ2v) is 5.69. The Labute approximate surface area is 140 Å². The Morgan fingerprint density at radius 3 is 2.04 bits per heavy atom. The van der Waals surface area contributed by atoms with Gasteiger partial charge in [-0.3, -0.25) is 0 Å². The molecule has 24 heavy (non-hydrogen) atoms. The molecule has 1 N–H and O–H groups in total. The van der Waals surface area contributed by atoms with Gasteiger partial charge in [-0.15, -0.1) is 0 Å². The number of para-hydroxylation sites is 3. The highest BCUT2D eigenvalue weighted by Gasteiger charge is 2.09. The van der Waals surface area contributed by atoms with Crippen molar-refractivity contribution in [1.82, 2.24) is 4.98 Å². The van der Waals surface area contributed by atoms with Gasteiger partial charge in [0, 0.05) is 22.9 Å². The summed E-state index contributed by atoms with van der Waals surface area (Å²) in [6, 6.07) is 24.5. The number of methoxy groups -OCH3 is 1. The van der Waals surface area contributed by atoms with Crippen LogP contribution >= 0.6 is 0 Å². The highest BCUT2D eigenvalue weighted by atomic mass is 16.5. The van der Waals surface area contributed by atoms with Crippen LogP contribution in [-0.4, -0.2) is 12.1 Å². The van der Waals surface area contributed by atoms with Crippen molar-refractivity contribution >= 4 is 27.5 Å². The predicted molar refractivity (Wildman–Crippen MR) is 99.6 cm³/mol. The van der Waals surface area contributed by atoms with E-state index in [0.29, 0.717) is 6.54 Å². The summed E-state index contributed by atoms with van der Waals surface area (Å²) in [5.74, 6) is 0.896. The molecule has 0 radical (unpaired) electrons. The van der Waals surface area contributed by atoms with Crippen molar-refractivity contribution in [2.24, 2.45) is 0 Å². The molecule has 1 aromatic heterocycles. The summed E-state index contributed by atoms with van der Waals surface area (Å²) in [6.45, 7) is 0.696. The van der Waals surface area contributed by atoms with Crippen LogP contribution in [0.4, 0.5) is 5.69 Å². The molecule has 0 aliphatic carbocycles. The number of hydrogen-bond donors (Lipinski definition) is 1. The van der Waals surface area contributed by atoms with E-state index in [2.05, 4.69) is 35.6 Å².